The van der Waals surface area contributed by atoms with E-state index in [1.807, 2.05) is 32.0 Å². The minimum atomic E-state index is -0.553. The molecule has 2 atom stereocenters. The lowest BCUT2D eigenvalue weighted by molar-refractivity contribution is -0.694. The van der Waals surface area contributed by atoms with E-state index in [1.54, 1.807) is 24.3 Å². The Kier molecular flexibility index (Phi) is 8.05. The summed E-state index contributed by atoms with van der Waals surface area (Å²) in [5.41, 5.74) is 2.82. The average Bonchev–Trinajstić information content (AvgIpc) is 2.55. The number of benzene rings is 2. The number of aromatic hydroxyl groups is 2. The molecule has 0 aliphatic heterocycles. The van der Waals surface area contributed by atoms with E-state index in [0.717, 1.165) is 30.5 Å². The Labute approximate surface area is 149 Å². The molecule has 0 fully saturated rings. The maximum atomic E-state index is 10.4. The molecule has 0 aromatic heterocycles. The van der Waals surface area contributed by atoms with Gasteiger partial charge in [0.25, 0.3) is 0 Å². The van der Waals surface area contributed by atoms with E-state index in [2.05, 4.69) is 5.32 Å². The van der Waals surface area contributed by atoms with E-state index >= 15 is 0 Å². The molecule has 0 spiro atoms. The first-order chi connectivity index (χ1) is 11.0. The Hall–Kier alpha value is -1.75. The van der Waals surface area contributed by atoms with Gasteiger partial charge in [0.2, 0.25) is 0 Å². The summed E-state index contributed by atoms with van der Waals surface area (Å²) >= 11 is 0. The Morgan fingerprint density at radius 2 is 1.71 bits per heavy atom. The highest BCUT2D eigenvalue weighted by Gasteiger charge is 2.19. The fraction of sp³-hybridized carbons (Fsp3) is 0.368. The molecule has 24 heavy (non-hydrogen) atoms. The number of aliphatic hydroxyl groups excluding tert-OH is 1. The van der Waals surface area contributed by atoms with Gasteiger partial charge in [-0.3, -0.25) is 0 Å². The van der Waals surface area contributed by atoms with Crippen LogP contribution in [0.3, 0.4) is 0 Å². The number of aryl methyl sites for hydroxylation is 2. The molecule has 5 heteroatoms. The largest absolute Gasteiger partial charge is 1.00 e. The van der Waals surface area contributed by atoms with Crippen LogP contribution in [0.2, 0.25) is 0 Å². The van der Waals surface area contributed by atoms with Gasteiger partial charge in [0, 0.05) is 6.42 Å². The standard InChI is InChI=1S/C19H25NO3.ClH/c1-13-12-16(7-10-18(13)22)19(23)14(2)20-11-3-4-15-5-8-17(21)9-6-15;/h5-10,12,14,19-23H,3-4,11H2,1-2H3;1H. The van der Waals surface area contributed by atoms with Crippen LogP contribution in [-0.4, -0.2) is 27.9 Å². The Morgan fingerprint density at radius 1 is 1.04 bits per heavy atom. The minimum absolute atomic E-state index is 0. The van der Waals surface area contributed by atoms with Gasteiger partial charge in [-0.1, -0.05) is 18.2 Å². The van der Waals surface area contributed by atoms with Crippen LogP contribution in [0.1, 0.15) is 36.1 Å². The number of phenolic OH excluding ortho intramolecular Hbond substituents is 2. The van der Waals surface area contributed by atoms with Crippen molar-refractivity contribution >= 4 is 0 Å². The second kappa shape index (κ2) is 9.52. The SMILES string of the molecule is Cc1cc(C(O)C(C)[NH2+]CCCc2ccc(O)cc2)ccc1O.[Cl-]. The van der Waals surface area contributed by atoms with Crippen molar-refractivity contribution in [3.8, 4) is 11.5 Å². The highest BCUT2D eigenvalue weighted by atomic mass is 35.5. The first-order valence-electron chi connectivity index (χ1n) is 8.06. The summed E-state index contributed by atoms with van der Waals surface area (Å²) in [6.07, 6.45) is 1.41. The average molecular weight is 352 g/mol. The van der Waals surface area contributed by atoms with Crippen LogP contribution in [-0.2, 0) is 6.42 Å². The van der Waals surface area contributed by atoms with Gasteiger partial charge in [0.1, 0.15) is 23.6 Å². The maximum Gasteiger partial charge on any atom is 0.130 e. The van der Waals surface area contributed by atoms with Gasteiger partial charge < -0.3 is 33.0 Å². The van der Waals surface area contributed by atoms with Crippen LogP contribution >= 0.6 is 0 Å². The highest BCUT2D eigenvalue weighted by molar-refractivity contribution is 5.36. The van der Waals surface area contributed by atoms with Crippen LogP contribution in [0.5, 0.6) is 11.5 Å². The molecule has 132 valence electrons. The summed E-state index contributed by atoms with van der Waals surface area (Å²) < 4.78 is 0. The number of nitrogens with two attached hydrogens (primary N) is 1. The predicted molar refractivity (Wildman–Crippen MR) is 90.5 cm³/mol. The van der Waals surface area contributed by atoms with Gasteiger partial charge in [0.05, 0.1) is 6.54 Å². The Balaban J connectivity index is 0.00000288. The molecule has 0 amide bonds. The zero-order chi connectivity index (χ0) is 16.8. The fourth-order valence-corrected chi connectivity index (χ4v) is 2.64. The lowest BCUT2D eigenvalue weighted by Gasteiger charge is -2.18. The number of halogens is 1. The number of hydrogen-bond donors (Lipinski definition) is 4. The van der Waals surface area contributed by atoms with E-state index in [4.69, 9.17) is 0 Å². The molecule has 2 unspecified atom stereocenters. The van der Waals surface area contributed by atoms with Crippen LogP contribution in [0, 0.1) is 6.92 Å². The summed E-state index contributed by atoms with van der Waals surface area (Å²) in [7, 11) is 0. The first-order valence-corrected chi connectivity index (χ1v) is 8.06. The van der Waals surface area contributed by atoms with Gasteiger partial charge >= 0.3 is 0 Å². The van der Waals surface area contributed by atoms with E-state index < -0.39 is 6.10 Å². The number of rotatable bonds is 7. The smallest absolute Gasteiger partial charge is 0.130 e. The third-order valence-electron chi connectivity index (χ3n) is 4.20. The monoisotopic (exact) mass is 351 g/mol. The molecular weight excluding hydrogens is 326 g/mol. The van der Waals surface area contributed by atoms with Gasteiger partial charge in [-0.15, -0.1) is 0 Å². The molecule has 0 aliphatic rings. The van der Waals surface area contributed by atoms with Crippen molar-refractivity contribution < 1.29 is 33.0 Å². The van der Waals surface area contributed by atoms with E-state index in [1.165, 1.54) is 5.56 Å². The number of hydrogen-bond acceptors (Lipinski definition) is 3. The van der Waals surface area contributed by atoms with Crippen molar-refractivity contribution in [2.75, 3.05) is 6.54 Å². The van der Waals surface area contributed by atoms with Crippen molar-refractivity contribution in [3.05, 3.63) is 59.2 Å². The molecule has 0 saturated heterocycles. The van der Waals surface area contributed by atoms with Crippen LogP contribution < -0.4 is 17.7 Å². The Bertz CT molecular complexity index is 631. The van der Waals surface area contributed by atoms with Crippen LogP contribution in [0.25, 0.3) is 0 Å². The lowest BCUT2D eigenvalue weighted by Crippen LogP contribution is -3.00. The zero-order valence-corrected chi connectivity index (χ0v) is 14.9. The molecule has 0 bridgehead atoms. The van der Waals surface area contributed by atoms with E-state index in [0.29, 0.717) is 5.75 Å². The predicted octanol–water partition coefficient (Wildman–Crippen LogP) is -0.972. The quantitative estimate of drug-likeness (QED) is 0.485. The third kappa shape index (κ3) is 5.71. The van der Waals surface area contributed by atoms with E-state index in [-0.39, 0.29) is 24.2 Å². The number of aliphatic hydroxyl groups is 1. The molecule has 5 N–H and O–H groups in total. The Morgan fingerprint density at radius 3 is 2.33 bits per heavy atom. The molecule has 2 rings (SSSR count). The molecule has 2 aromatic carbocycles. The van der Waals surface area contributed by atoms with Crippen molar-refractivity contribution in [1.82, 2.24) is 0 Å². The second-order valence-electron chi connectivity index (χ2n) is 6.14. The summed E-state index contributed by atoms with van der Waals surface area (Å²) in [5, 5.41) is 31.4. The zero-order valence-electron chi connectivity index (χ0n) is 14.1. The van der Waals surface area contributed by atoms with Crippen molar-refractivity contribution in [2.45, 2.75) is 38.8 Å². The maximum absolute atomic E-state index is 10.4. The summed E-state index contributed by atoms with van der Waals surface area (Å²) in [5.74, 6) is 0.549. The highest BCUT2D eigenvalue weighted by Crippen LogP contribution is 2.22. The molecule has 0 heterocycles. The molecule has 4 nitrogen and oxygen atoms in total. The normalized spacial score (nSPS) is 13.1. The molecule has 0 aliphatic carbocycles. The van der Waals surface area contributed by atoms with Crippen LogP contribution in [0.4, 0.5) is 0 Å². The minimum Gasteiger partial charge on any atom is -1.00 e. The van der Waals surface area contributed by atoms with Gasteiger partial charge in [-0.25, -0.2) is 0 Å². The van der Waals surface area contributed by atoms with Gasteiger partial charge in [-0.05, 0) is 61.2 Å². The molecule has 0 radical (unpaired) electrons. The van der Waals surface area contributed by atoms with E-state index in [9.17, 15) is 15.3 Å². The van der Waals surface area contributed by atoms with Crippen molar-refractivity contribution in [1.29, 1.82) is 0 Å². The van der Waals surface area contributed by atoms with Crippen LogP contribution in [0.15, 0.2) is 42.5 Å². The topological polar surface area (TPSA) is 77.3 Å². The lowest BCUT2D eigenvalue weighted by atomic mass is 10.0. The first kappa shape index (κ1) is 20.3. The van der Waals surface area contributed by atoms with Gasteiger partial charge in [-0.2, -0.15) is 0 Å². The number of phenols is 2. The summed E-state index contributed by atoms with van der Waals surface area (Å²) in [6.45, 7) is 4.77. The molecule has 0 saturated carbocycles. The third-order valence-corrected chi connectivity index (χ3v) is 4.20. The summed E-state index contributed by atoms with van der Waals surface area (Å²) in [4.78, 5) is 0. The second-order valence-corrected chi connectivity index (χ2v) is 6.14. The molecule has 2 aromatic rings. The van der Waals surface area contributed by atoms with Gasteiger partial charge in [0.15, 0.2) is 0 Å². The number of quaternary nitrogens is 1. The summed E-state index contributed by atoms with van der Waals surface area (Å²) in [6, 6.07) is 12.6. The van der Waals surface area contributed by atoms with Crippen molar-refractivity contribution in [3.63, 3.8) is 0 Å². The molecular formula is C19H26ClNO3. The van der Waals surface area contributed by atoms with Crippen molar-refractivity contribution in [2.24, 2.45) is 0 Å². The fourth-order valence-electron chi connectivity index (χ4n) is 2.64.